The summed E-state index contributed by atoms with van der Waals surface area (Å²) in [6.45, 7) is 1.86. The Labute approximate surface area is 92.9 Å². The van der Waals surface area contributed by atoms with Crippen molar-refractivity contribution in [3.8, 4) is 12.1 Å². The van der Waals surface area contributed by atoms with Gasteiger partial charge in [-0.1, -0.05) is 11.6 Å². The van der Waals surface area contributed by atoms with E-state index < -0.39 is 16.7 Å². The van der Waals surface area contributed by atoms with Gasteiger partial charge in [-0.25, -0.2) is 0 Å². The highest BCUT2D eigenvalue weighted by Crippen LogP contribution is 2.53. The van der Waals surface area contributed by atoms with E-state index in [0.717, 1.165) is 5.57 Å². The molecule has 1 aliphatic carbocycles. The van der Waals surface area contributed by atoms with Crippen molar-refractivity contribution in [2.24, 2.45) is 21.6 Å². The lowest BCUT2D eigenvalue weighted by atomic mass is 9.58. The van der Waals surface area contributed by atoms with Crippen LogP contribution in [0.15, 0.2) is 16.6 Å². The number of carbonyl (C=O) groups excluding carboxylic acids is 1. The van der Waals surface area contributed by atoms with Crippen molar-refractivity contribution in [1.29, 1.82) is 10.5 Å². The molecule has 2 aliphatic rings. The van der Waals surface area contributed by atoms with Gasteiger partial charge in [0.15, 0.2) is 5.41 Å². The average molecular weight is 214 g/mol. The lowest BCUT2D eigenvalue weighted by Crippen LogP contribution is -2.49. The van der Waals surface area contributed by atoms with Crippen molar-refractivity contribution >= 4 is 11.7 Å². The summed E-state index contributed by atoms with van der Waals surface area (Å²) in [5.41, 5.74) is 3.96. The highest BCUT2D eigenvalue weighted by Gasteiger charge is 2.65. The van der Waals surface area contributed by atoms with E-state index in [4.69, 9.17) is 5.73 Å². The molecule has 1 amide bonds. The Morgan fingerprint density at radius 2 is 2.06 bits per heavy atom. The standard InChI is InChI=1S/C11H10N4O/c1-7-2-3-10(5-12)9(16)15-8(14)11(10,4-7)6-13/h2H,3-4H2,1H3,(H2,14,15,16)/t10-,11-/m1/s1. The van der Waals surface area contributed by atoms with E-state index in [0.29, 0.717) is 6.42 Å². The normalized spacial score (nSPS) is 36.8. The molecule has 0 fully saturated rings. The molecule has 0 aromatic carbocycles. The molecule has 0 aromatic heterocycles. The Balaban J connectivity index is 2.71. The second kappa shape index (κ2) is 2.93. The van der Waals surface area contributed by atoms with Crippen molar-refractivity contribution in [1.82, 2.24) is 0 Å². The van der Waals surface area contributed by atoms with Gasteiger partial charge in [0.1, 0.15) is 11.3 Å². The molecule has 0 saturated carbocycles. The van der Waals surface area contributed by atoms with Crippen LogP contribution in [0.3, 0.4) is 0 Å². The number of carbonyl (C=O) groups is 1. The average Bonchev–Trinajstić information content (AvgIpc) is 2.48. The molecule has 2 rings (SSSR count). The number of rotatable bonds is 0. The summed E-state index contributed by atoms with van der Waals surface area (Å²) in [5, 5.41) is 18.6. The molecule has 0 bridgehead atoms. The summed E-state index contributed by atoms with van der Waals surface area (Å²) in [7, 11) is 0. The first-order valence-electron chi connectivity index (χ1n) is 4.89. The number of amidine groups is 1. The highest BCUT2D eigenvalue weighted by atomic mass is 16.2. The Bertz CT molecular complexity index is 519. The first kappa shape index (κ1) is 10.4. The van der Waals surface area contributed by atoms with Gasteiger partial charge in [0.25, 0.3) is 5.91 Å². The summed E-state index contributed by atoms with van der Waals surface area (Å²) in [5.74, 6) is -0.605. The number of fused-ring (bicyclic) bond motifs is 1. The van der Waals surface area contributed by atoms with Crippen LogP contribution in [0, 0.1) is 33.5 Å². The number of aliphatic imine (C=N–C) groups is 1. The molecule has 0 radical (unpaired) electrons. The third-order valence-corrected chi connectivity index (χ3v) is 3.44. The second-order valence-corrected chi connectivity index (χ2v) is 4.27. The summed E-state index contributed by atoms with van der Waals surface area (Å²) in [6, 6.07) is 4.00. The number of nitrogens with zero attached hydrogens (tertiary/aromatic N) is 3. The lowest BCUT2D eigenvalue weighted by molar-refractivity contribution is -0.125. The molecule has 1 heterocycles. The van der Waals surface area contributed by atoms with Gasteiger partial charge in [0.05, 0.1) is 12.1 Å². The second-order valence-electron chi connectivity index (χ2n) is 4.27. The maximum Gasteiger partial charge on any atom is 0.270 e. The largest absolute Gasteiger partial charge is 0.386 e. The smallest absolute Gasteiger partial charge is 0.270 e. The summed E-state index contributed by atoms with van der Waals surface area (Å²) < 4.78 is 0. The number of hydrogen-bond acceptors (Lipinski definition) is 4. The van der Waals surface area contributed by atoms with Crippen LogP contribution in [0.4, 0.5) is 0 Å². The van der Waals surface area contributed by atoms with Crippen LogP contribution in [0.5, 0.6) is 0 Å². The van der Waals surface area contributed by atoms with Crippen molar-refractivity contribution < 1.29 is 4.79 Å². The van der Waals surface area contributed by atoms with E-state index in [1.165, 1.54) is 0 Å². The minimum Gasteiger partial charge on any atom is -0.386 e. The molecule has 16 heavy (non-hydrogen) atoms. The van der Waals surface area contributed by atoms with Gasteiger partial charge >= 0.3 is 0 Å². The predicted molar refractivity (Wildman–Crippen MR) is 55.7 cm³/mol. The topological polar surface area (TPSA) is 103 Å². The van der Waals surface area contributed by atoms with Crippen LogP contribution in [-0.4, -0.2) is 11.7 Å². The van der Waals surface area contributed by atoms with Crippen molar-refractivity contribution in [3.05, 3.63) is 11.6 Å². The van der Waals surface area contributed by atoms with Crippen LogP contribution >= 0.6 is 0 Å². The molecule has 5 heteroatoms. The molecular weight excluding hydrogens is 204 g/mol. The van der Waals surface area contributed by atoms with Crippen LogP contribution in [0.1, 0.15) is 19.8 Å². The van der Waals surface area contributed by atoms with Crippen LogP contribution in [0.25, 0.3) is 0 Å². The van der Waals surface area contributed by atoms with E-state index >= 15 is 0 Å². The molecular formula is C11H10N4O. The maximum absolute atomic E-state index is 11.8. The minimum atomic E-state index is -1.41. The lowest BCUT2D eigenvalue weighted by Gasteiger charge is -2.36. The van der Waals surface area contributed by atoms with Gasteiger partial charge < -0.3 is 5.73 Å². The minimum absolute atomic E-state index is 0.0194. The quantitative estimate of drug-likeness (QED) is 0.597. The maximum atomic E-state index is 11.8. The SMILES string of the molecule is CC1=CC[C@@]2(C#N)C(=O)N=C(N)[C@]2(C#N)C1. The zero-order valence-corrected chi connectivity index (χ0v) is 8.82. The van der Waals surface area contributed by atoms with Gasteiger partial charge in [-0.15, -0.1) is 0 Å². The van der Waals surface area contributed by atoms with E-state index in [2.05, 4.69) is 4.99 Å². The zero-order valence-electron chi connectivity index (χ0n) is 8.82. The van der Waals surface area contributed by atoms with E-state index in [1.54, 1.807) is 0 Å². The summed E-state index contributed by atoms with van der Waals surface area (Å²) in [6.07, 6.45) is 2.33. The zero-order chi connectivity index (χ0) is 12.0. The number of amides is 1. The molecule has 0 spiro atoms. The van der Waals surface area contributed by atoms with Gasteiger partial charge in [0.2, 0.25) is 0 Å². The van der Waals surface area contributed by atoms with Crippen molar-refractivity contribution in [2.75, 3.05) is 0 Å². The molecule has 0 aromatic rings. The van der Waals surface area contributed by atoms with Gasteiger partial charge in [-0.05, 0) is 19.8 Å². The van der Waals surface area contributed by atoms with E-state index in [1.807, 2.05) is 25.1 Å². The van der Waals surface area contributed by atoms with E-state index in [-0.39, 0.29) is 12.3 Å². The molecule has 0 saturated heterocycles. The number of allylic oxidation sites excluding steroid dienone is 2. The first-order chi connectivity index (χ1) is 7.52. The van der Waals surface area contributed by atoms with Gasteiger partial charge in [-0.2, -0.15) is 15.5 Å². The molecule has 1 aliphatic heterocycles. The van der Waals surface area contributed by atoms with Crippen LogP contribution in [-0.2, 0) is 4.79 Å². The number of hydrogen-bond donors (Lipinski definition) is 1. The fraction of sp³-hybridized carbons (Fsp3) is 0.455. The predicted octanol–water partition coefficient (Wildman–Crippen LogP) is 0.644. The van der Waals surface area contributed by atoms with Gasteiger partial charge in [0, 0.05) is 0 Å². The van der Waals surface area contributed by atoms with Crippen molar-refractivity contribution in [3.63, 3.8) is 0 Å². The fourth-order valence-corrected chi connectivity index (χ4v) is 2.40. The van der Waals surface area contributed by atoms with Gasteiger partial charge in [-0.3, -0.25) is 4.79 Å². The van der Waals surface area contributed by atoms with E-state index in [9.17, 15) is 15.3 Å². The Kier molecular flexibility index (Phi) is 1.90. The Morgan fingerprint density at radius 1 is 1.44 bits per heavy atom. The molecule has 80 valence electrons. The molecule has 0 unspecified atom stereocenters. The highest BCUT2D eigenvalue weighted by molar-refractivity contribution is 6.11. The first-order valence-corrected chi connectivity index (χ1v) is 4.89. The Hall–Kier alpha value is -2.14. The van der Waals surface area contributed by atoms with Crippen LogP contribution in [0.2, 0.25) is 0 Å². The number of nitrogens with two attached hydrogens (primary N) is 1. The summed E-state index contributed by atoms with van der Waals surface area (Å²) in [4.78, 5) is 15.4. The molecule has 2 N–H and O–H groups in total. The molecule has 2 atom stereocenters. The number of nitriles is 2. The third-order valence-electron chi connectivity index (χ3n) is 3.44. The molecule has 5 nitrogen and oxygen atoms in total. The van der Waals surface area contributed by atoms with Crippen LogP contribution < -0.4 is 5.73 Å². The van der Waals surface area contributed by atoms with Crippen molar-refractivity contribution in [2.45, 2.75) is 19.8 Å². The fourth-order valence-electron chi connectivity index (χ4n) is 2.40. The third kappa shape index (κ3) is 0.880. The summed E-state index contributed by atoms with van der Waals surface area (Å²) >= 11 is 0. The Morgan fingerprint density at radius 3 is 2.62 bits per heavy atom. The monoisotopic (exact) mass is 214 g/mol.